The summed E-state index contributed by atoms with van der Waals surface area (Å²) >= 11 is 0. The molecule has 0 spiro atoms. The summed E-state index contributed by atoms with van der Waals surface area (Å²) in [4.78, 5) is 6.83. The molecule has 1 aromatic rings. The average Bonchev–Trinajstić information content (AvgIpc) is 2.88. The van der Waals surface area contributed by atoms with Gasteiger partial charge < -0.3 is 10.6 Å². The highest BCUT2D eigenvalue weighted by Crippen LogP contribution is 2.15. The largest absolute Gasteiger partial charge is 0.339 e. The highest BCUT2D eigenvalue weighted by atomic mass is 15.4. The van der Waals surface area contributed by atoms with Crippen LogP contribution in [0.1, 0.15) is 57.7 Å². The molecule has 2 heterocycles. The van der Waals surface area contributed by atoms with Gasteiger partial charge >= 0.3 is 0 Å². The highest BCUT2D eigenvalue weighted by Gasteiger charge is 2.19. The molecule has 5 nitrogen and oxygen atoms in total. The summed E-state index contributed by atoms with van der Waals surface area (Å²) in [5.41, 5.74) is 5.91. The third kappa shape index (κ3) is 4.49. The maximum atomic E-state index is 5.91. The molecule has 1 aliphatic heterocycles. The topological polar surface area (TPSA) is 70.8 Å². The Balaban J connectivity index is 1.72. The zero-order valence-corrected chi connectivity index (χ0v) is 12.1. The van der Waals surface area contributed by atoms with Crippen molar-refractivity contribution < 1.29 is 0 Å². The molecule has 0 unspecified atom stereocenters. The van der Waals surface area contributed by atoms with Gasteiger partial charge in [-0.05, 0) is 19.3 Å². The maximum Gasteiger partial charge on any atom is 0.244 e. The Bertz CT molecular complexity index is 354. The number of hydrogen-bond donors (Lipinski definition) is 2. The number of nitrogens with zero attached hydrogens (tertiary/aromatic N) is 3. The first-order valence-corrected chi connectivity index (χ1v) is 7.71. The second-order valence-electron chi connectivity index (χ2n) is 5.57. The van der Waals surface area contributed by atoms with Crippen LogP contribution < -0.4 is 10.6 Å². The zero-order chi connectivity index (χ0) is 13.5. The van der Waals surface area contributed by atoms with E-state index in [9.17, 15) is 0 Å². The van der Waals surface area contributed by atoms with Crippen LogP contribution in [-0.2, 0) is 6.42 Å². The van der Waals surface area contributed by atoms with E-state index in [1.165, 1.54) is 32.1 Å². The first-order valence-electron chi connectivity index (χ1n) is 7.71. The quantitative estimate of drug-likeness (QED) is 0.742. The number of nitrogens with one attached hydrogen (secondary N) is 1. The standard InChI is InChI=1S/C14H27N5/c1-2-3-4-5-6-7-13-16-14(18-17-13)19-10-8-12(15)9-11-19/h12H,2-11,15H2,1H3,(H,16,17,18). The number of rotatable bonds is 7. The van der Waals surface area contributed by atoms with Crippen molar-refractivity contribution in [3.8, 4) is 0 Å². The molecule has 1 fully saturated rings. The zero-order valence-electron chi connectivity index (χ0n) is 12.1. The number of piperidine rings is 1. The minimum Gasteiger partial charge on any atom is -0.339 e. The number of nitrogens with two attached hydrogens (primary N) is 1. The van der Waals surface area contributed by atoms with E-state index in [1.54, 1.807) is 0 Å². The van der Waals surface area contributed by atoms with Gasteiger partial charge in [-0.25, -0.2) is 0 Å². The fraction of sp³-hybridized carbons (Fsp3) is 0.857. The van der Waals surface area contributed by atoms with Crippen molar-refractivity contribution in [3.63, 3.8) is 0 Å². The number of aromatic amines is 1. The van der Waals surface area contributed by atoms with E-state index >= 15 is 0 Å². The fourth-order valence-corrected chi connectivity index (χ4v) is 2.53. The van der Waals surface area contributed by atoms with Crippen LogP contribution in [0, 0.1) is 0 Å². The lowest BCUT2D eigenvalue weighted by Crippen LogP contribution is -2.40. The van der Waals surface area contributed by atoms with Gasteiger partial charge in [0.15, 0.2) is 0 Å². The van der Waals surface area contributed by atoms with Gasteiger partial charge in [0.2, 0.25) is 5.95 Å². The van der Waals surface area contributed by atoms with Crippen LogP contribution in [0.15, 0.2) is 0 Å². The molecule has 3 N–H and O–H groups in total. The molecule has 19 heavy (non-hydrogen) atoms. The van der Waals surface area contributed by atoms with Gasteiger partial charge in [0.1, 0.15) is 5.82 Å². The van der Waals surface area contributed by atoms with Crippen LogP contribution in [-0.4, -0.2) is 34.3 Å². The van der Waals surface area contributed by atoms with Gasteiger partial charge in [0.25, 0.3) is 0 Å². The Morgan fingerprint density at radius 2 is 1.95 bits per heavy atom. The molecule has 0 radical (unpaired) electrons. The summed E-state index contributed by atoms with van der Waals surface area (Å²) in [5, 5.41) is 7.40. The minimum atomic E-state index is 0.355. The third-order valence-corrected chi connectivity index (χ3v) is 3.86. The van der Waals surface area contributed by atoms with Gasteiger partial charge in [-0.3, -0.25) is 5.10 Å². The molecule has 108 valence electrons. The maximum absolute atomic E-state index is 5.91. The Morgan fingerprint density at radius 1 is 1.21 bits per heavy atom. The molecule has 5 heteroatoms. The van der Waals surface area contributed by atoms with Crippen molar-refractivity contribution in [2.45, 2.75) is 64.3 Å². The normalized spacial score (nSPS) is 17.1. The Hall–Kier alpha value is -1.10. The molecule has 0 aliphatic carbocycles. The van der Waals surface area contributed by atoms with E-state index in [-0.39, 0.29) is 0 Å². The first-order chi connectivity index (χ1) is 9.29. The number of aromatic nitrogens is 3. The third-order valence-electron chi connectivity index (χ3n) is 3.86. The smallest absolute Gasteiger partial charge is 0.244 e. The highest BCUT2D eigenvalue weighted by molar-refractivity contribution is 5.29. The Kier molecular flexibility index (Phi) is 5.63. The van der Waals surface area contributed by atoms with Gasteiger partial charge in [-0.15, -0.1) is 5.10 Å². The van der Waals surface area contributed by atoms with Crippen molar-refractivity contribution in [1.29, 1.82) is 0 Å². The summed E-state index contributed by atoms with van der Waals surface area (Å²) in [5.74, 6) is 1.89. The molecular formula is C14H27N5. The van der Waals surface area contributed by atoms with E-state index in [0.29, 0.717) is 6.04 Å². The number of unbranched alkanes of at least 4 members (excludes halogenated alkanes) is 4. The number of hydrogen-bond acceptors (Lipinski definition) is 4. The number of H-pyrrole nitrogens is 1. The van der Waals surface area contributed by atoms with Gasteiger partial charge in [0, 0.05) is 25.6 Å². The molecule has 0 bridgehead atoms. The predicted octanol–water partition coefficient (Wildman–Crippen LogP) is 2.25. The molecule has 2 rings (SSSR count). The summed E-state index contributed by atoms with van der Waals surface area (Å²) in [6.45, 7) is 4.21. The van der Waals surface area contributed by atoms with E-state index in [2.05, 4.69) is 27.0 Å². The van der Waals surface area contributed by atoms with Crippen LogP contribution in [0.25, 0.3) is 0 Å². The molecule has 1 aliphatic rings. The van der Waals surface area contributed by atoms with E-state index in [0.717, 1.165) is 44.1 Å². The van der Waals surface area contributed by atoms with Crippen LogP contribution in [0.4, 0.5) is 5.95 Å². The molecular weight excluding hydrogens is 238 g/mol. The molecule has 1 saturated heterocycles. The second kappa shape index (κ2) is 7.48. The SMILES string of the molecule is CCCCCCCc1nc(N2CCC(N)CC2)n[nH]1. The summed E-state index contributed by atoms with van der Waals surface area (Å²) < 4.78 is 0. The van der Waals surface area contributed by atoms with Crippen molar-refractivity contribution in [3.05, 3.63) is 5.82 Å². The fourth-order valence-electron chi connectivity index (χ4n) is 2.53. The van der Waals surface area contributed by atoms with Crippen LogP contribution >= 0.6 is 0 Å². The Morgan fingerprint density at radius 3 is 2.68 bits per heavy atom. The summed E-state index contributed by atoms with van der Waals surface area (Å²) in [6.07, 6.45) is 9.58. The van der Waals surface area contributed by atoms with Crippen LogP contribution in [0.3, 0.4) is 0 Å². The summed E-state index contributed by atoms with van der Waals surface area (Å²) in [6, 6.07) is 0.355. The lowest BCUT2D eigenvalue weighted by Gasteiger charge is -2.28. The van der Waals surface area contributed by atoms with Crippen LogP contribution in [0.5, 0.6) is 0 Å². The molecule has 0 aromatic carbocycles. The molecule has 1 aromatic heterocycles. The second-order valence-corrected chi connectivity index (χ2v) is 5.57. The van der Waals surface area contributed by atoms with Crippen molar-refractivity contribution >= 4 is 5.95 Å². The molecule has 0 atom stereocenters. The predicted molar refractivity (Wildman–Crippen MR) is 78.3 cm³/mol. The van der Waals surface area contributed by atoms with Crippen molar-refractivity contribution in [1.82, 2.24) is 15.2 Å². The van der Waals surface area contributed by atoms with Gasteiger partial charge in [-0.1, -0.05) is 32.6 Å². The molecule has 0 amide bonds. The van der Waals surface area contributed by atoms with Crippen LogP contribution in [0.2, 0.25) is 0 Å². The lowest BCUT2D eigenvalue weighted by molar-refractivity contribution is 0.496. The van der Waals surface area contributed by atoms with Gasteiger partial charge in [-0.2, -0.15) is 4.98 Å². The van der Waals surface area contributed by atoms with E-state index < -0.39 is 0 Å². The number of aryl methyl sites for hydroxylation is 1. The average molecular weight is 265 g/mol. The molecule has 0 saturated carbocycles. The minimum absolute atomic E-state index is 0.355. The van der Waals surface area contributed by atoms with Crippen molar-refractivity contribution in [2.75, 3.05) is 18.0 Å². The number of anilines is 1. The first kappa shape index (κ1) is 14.3. The van der Waals surface area contributed by atoms with Crippen molar-refractivity contribution in [2.24, 2.45) is 5.73 Å². The van der Waals surface area contributed by atoms with Gasteiger partial charge in [0.05, 0.1) is 0 Å². The monoisotopic (exact) mass is 265 g/mol. The van der Waals surface area contributed by atoms with E-state index in [4.69, 9.17) is 5.73 Å². The summed E-state index contributed by atoms with van der Waals surface area (Å²) in [7, 11) is 0. The lowest BCUT2D eigenvalue weighted by atomic mass is 10.1. The van der Waals surface area contributed by atoms with E-state index in [1.807, 2.05) is 0 Å². The Labute approximate surface area is 116 Å².